The minimum Gasteiger partial charge on any atom is -0.481 e. The summed E-state index contributed by atoms with van der Waals surface area (Å²) in [5.74, 6) is -1.24. The topological polar surface area (TPSA) is 78.9 Å². The van der Waals surface area contributed by atoms with Gasteiger partial charge in [-0.2, -0.15) is 0 Å². The van der Waals surface area contributed by atoms with E-state index >= 15 is 0 Å². The Morgan fingerprint density at radius 3 is 2.31 bits per heavy atom. The van der Waals surface area contributed by atoms with E-state index in [1.807, 2.05) is 42.5 Å². The van der Waals surface area contributed by atoms with Crippen LogP contribution in [0, 0.1) is 0 Å². The molecule has 1 aliphatic rings. The summed E-state index contributed by atoms with van der Waals surface area (Å²) in [6.07, 6.45) is -0.165. The molecule has 0 saturated carbocycles. The number of carbonyl (C=O) groups excluding carboxylic acids is 1. The zero-order chi connectivity index (χ0) is 18.4. The Labute approximate surface area is 152 Å². The highest BCUT2D eigenvalue weighted by atomic mass is 16.5. The van der Waals surface area contributed by atoms with Gasteiger partial charge in [-0.05, 0) is 29.8 Å². The number of carbonyl (C=O) groups is 2. The van der Waals surface area contributed by atoms with E-state index in [-0.39, 0.29) is 12.3 Å². The van der Waals surface area contributed by atoms with Crippen LogP contribution in [0.25, 0.3) is 0 Å². The van der Waals surface area contributed by atoms with Crippen LogP contribution in [0.3, 0.4) is 0 Å². The number of carboxylic acids is 1. The molecule has 2 aromatic carbocycles. The highest BCUT2D eigenvalue weighted by Gasteiger charge is 2.19. The quantitative estimate of drug-likeness (QED) is 0.833. The minimum atomic E-state index is -0.957. The molecule has 0 spiro atoms. The van der Waals surface area contributed by atoms with Crippen LogP contribution >= 0.6 is 0 Å². The number of carboxylic acid groups (broad SMARTS) is 1. The molecule has 26 heavy (non-hydrogen) atoms. The number of benzene rings is 2. The number of ether oxygens (including phenoxy) is 1. The van der Waals surface area contributed by atoms with Gasteiger partial charge in [0.25, 0.3) is 5.91 Å². The highest BCUT2D eigenvalue weighted by Crippen LogP contribution is 2.19. The fourth-order valence-corrected chi connectivity index (χ4v) is 3.00. The SMILES string of the molecule is O=C(O)CC(NC(=O)c1ccc(N2CCOCC2)cc1)c1ccccc1. The Morgan fingerprint density at radius 2 is 1.69 bits per heavy atom. The molecule has 2 aromatic rings. The van der Waals surface area contributed by atoms with Crippen LogP contribution in [0.4, 0.5) is 5.69 Å². The Kier molecular flexibility index (Phi) is 5.86. The van der Waals surface area contributed by atoms with Gasteiger partial charge in [-0.15, -0.1) is 0 Å². The maximum absolute atomic E-state index is 12.6. The Morgan fingerprint density at radius 1 is 1.04 bits per heavy atom. The highest BCUT2D eigenvalue weighted by molar-refractivity contribution is 5.95. The smallest absolute Gasteiger partial charge is 0.305 e. The van der Waals surface area contributed by atoms with Gasteiger partial charge >= 0.3 is 5.97 Å². The monoisotopic (exact) mass is 354 g/mol. The van der Waals surface area contributed by atoms with Crippen LogP contribution < -0.4 is 10.2 Å². The summed E-state index contributed by atoms with van der Waals surface area (Å²) in [4.78, 5) is 25.9. The molecule has 3 rings (SSSR count). The third-order valence-corrected chi connectivity index (χ3v) is 4.39. The summed E-state index contributed by atoms with van der Waals surface area (Å²) < 4.78 is 5.35. The molecule has 2 N–H and O–H groups in total. The molecule has 1 heterocycles. The molecular formula is C20H22N2O4. The van der Waals surface area contributed by atoms with Gasteiger partial charge in [-0.25, -0.2) is 0 Å². The number of amides is 1. The molecule has 6 heteroatoms. The molecule has 1 unspecified atom stereocenters. The predicted molar refractivity (Wildman–Crippen MR) is 98.4 cm³/mol. The van der Waals surface area contributed by atoms with Gasteiger partial charge in [0.1, 0.15) is 0 Å². The van der Waals surface area contributed by atoms with Crippen LogP contribution in [0.15, 0.2) is 54.6 Å². The first-order valence-electron chi connectivity index (χ1n) is 8.64. The second kappa shape index (κ2) is 8.49. The van der Waals surface area contributed by atoms with Crippen LogP contribution in [0.2, 0.25) is 0 Å². The van der Waals surface area contributed by atoms with Crippen LogP contribution in [-0.2, 0) is 9.53 Å². The number of hydrogen-bond acceptors (Lipinski definition) is 4. The minimum absolute atomic E-state index is 0.165. The second-order valence-corrected chi connectivity index (χ2v) is 6.18. The van der Waals surface area contributed by atoms with Gasteiger partial charge in [0.15, 0.2) is 0 Å². The summed E-state index contributed by atoms with van der Waals surface area (Å²) in [6, 6.07) is 15.9. The third kappa shape index (κ3) is 4.61. The molecule has 1 aliphatic heterocycles. The normalized spacial score (nSPS) is 15.3. The predicted octanol–water partition coefficient (Wildman–Crippen LogP) is 2.47. The van der Waals surface area contributed by atoms with Crippen LogP contribution in [0.5, 0.6) is 0 Å². The average molecular weight is 354 g/mol. The number of morpholine rings is 1. The van der Waals surface area contributed by atoms with Gasteiger partial charge < -0.3 is 20.1 Å². The third-order valence-electron chi connectivity index (χ3n) is 4.39. The largest absolute Gasteiger partial charge is 0.481 e. The lowest BCUT2D eigenvalue weighted by Crippen LogP contribution is -2.36. The number of hydrogen-bond donors (Lipinski definition) is 2. The van der Waals surface area contributed by atoms with Crippen molar-refractivity contribution in [2.24, 2.45) is 0 Å². The summed E-state index contributed by atoms with van der Waals surface area (Å²) in [6.45, 7) is 3.08. The number of aliphatic carboxylic acids is 1. The Balaban J connectivity index is 1.69. The fraction of sp³-hybridized carbons (Fsp3) is 0.300. The lowest BCUT2D eigenvalue weighted by atomic mass is 10.0. The van der Waals surface area contributed by atoms with Crippen molar-refractivity contribution in [1.82, 2.24) is 5.32 Å². The summed E-state index contributed by atoms with van der Waals surface area (Å²) in [5.41, 5.74) is 2.33. The van der Waals surface area contributed by atoms with Gasteiger partial charge in [-0.1, -0.05) is 30.3 Å². The average Bonchev–Trinajstić information content (AvgIpc) is 2.68. The van der Waals surface area contributed by atoms with E-state index in [1.165, 1.54) is 0 Å². The van der Waals surface area contributed by atoms with Gasteiger partial charge in [0.05, 0.1) is 25.7 Å². The van der Waals surface area contributed by atoms with Crippen molar-refractivity contribution < 1.29 is 19.4 Å². The van der Waals surface area contributed by atoms with E-state index in [4.69, 9.17) is 9.84 Å². The van der Waals surface area contributed by atoms with E-state index in [1.54, 1.807) is 12.1 Å². The molecular weight excluding hydrogens is 332 g/mol. The van der Waals surface area contributed by atoms with Crippen molar-refractivity contribution in [2.75, 3.05) is 31.2 Å². The van der Waals surface area contributed by atoms with E-state index in [0.717, 1.165) is 24.3 Å². The van der Waals surface area contributed by atoms with E-state index in [9.17, 15) is 9.59 Å². The summed E-state index contributed by atoms with van der Waals surface area (Å²) in [7, 11) is 0. The number of nitrogens with one attached hydrogen (secondary N) is 1. The first-order chi connectivity index (χ1) is 12.6. The van der Waals surface area contributed by atoms with Crippen molar-refractivity contribution >= 4 is 17.6 Å². The molecule has 1 amide bonds. The Hall–Kier alpha value is -2.86. The van der Waals surface area contributed by atoms with Gasteiger partial charge in [0.2, 0.25) is 0 Å². The van der Waals surface area contributed by atoms with Crippen molar-refractivity contribution in [3.63, 3.8) is 0 Å². The van der Waals surface area contributed by atoms with Crippen molar-refractivity contribution in [3.05, 3.63) is 65.7 Å². The number of anilines is 1. The lowest BCUT2D eigenvalue weighted by molar-refractivity contribution is -0.137. The maximum Gasteiger partial charge on any atom is 0.305 e. The van der Waals surface area contributed by atoms with Crippen molar-refractivity contribution in [1.29, 1.82) is 0 Å². The standard InChI is InChI=1S/C20H22N2O4/c23-19(24)14-18(15-4-2-1-3-5-15)21-20(25)16-6-8-17(9-7-16)22-10-12-26-13-11-22/h1-9,18H,10-14H2,(H,21,25)(H,23,24). The molecule has 136 valence electrons. The zero-order valence-electron chi connectivity index (χ0n) is 14.4. The van der Waals surface area contributed by atoms with Crippen molar-refractivity contribution in [2.45, 2.75) is 12.5 Å². The fourth-order valence-electron chi connectivity index (χ4n) is 3.00. The zero-order valence-corrected chi connectivity index (χ0v) is 14.4. The first-order valence-corrected chi connectivity index (χ1v) is 8.64. The molecule has 0 aromatic heterocycles. The molecule has 0 bridgehead atoms. The van der Waals surface area contributed by atoms with Crippen LogP contribution in [0.1, 0.15) is 28.4 Å². The summed E-state index contributed by atoms with van der Waals surface area (Å²) in [5, 5.41) is 12.0. The van der Waals surface area contributed by atoms with Crippen LogP contribution in [-0.4, -0.2) is 43.3 Å². The molecule has 1 atom stereocenters. The van der Waals surface area contributed by atoms with Gasteiger partial charge in [-0.3, -0.25) is 9.59 Å². The van der Waals surface area contributed by atoms with E-state index < -0.39 is 12.0 Å². The van der Waals surface area contributed by atoms with Gasteiger partial charge in [0, 0.05) is 24.3 Å². The second-order valence-electron chi connectivity index (χ2n) is 6.18. The maximum atomic E-state index is 12.6. The number of rotatable bonds is 6. The molecule has 1 fully saturated rings. The molecule has 0 aliphatic carbocycles. The summed E-state index contributed by atoms with van der Waals surface area (Å²) >= 11 is 0. The first kappa shape index (κ1) is 17.9. The van der Waals surface area contributed by atoms with E-state index in [0.29, 0.717) is 18.8 Å². The van der Waals surface area contributed by atoms with Crippen molar-refractivity contribution in [3.8, 4) is 0 Å². The Bertz CT molecular complexity index is 740. The molecule has 1 saturated heterocycles. The molecule has 0 radical (unpaired) electrons. The number of nitrogens with zero attached hydrogens (tertiary/aromatic N) is 1. The lowest BCUT2D eigenvalue weighted by Gasteiger charge is -2.28. The molecule has 6 nitrogen and oxygen atoms in total. The van der Waals surface area contributed by atoms with E-state index in [2.05, 4.69) is 10.2 Å².